The Morgan fingerprint density at radius 2 is 2.07 bits per heavy atom. The fourth-order valence-corrected chi connectivity index (χ4v) is 1.85. The molecule has 0 aliphatic carbocycles. The molecule has 84 valence electrons. The zero-order valence-corrected chi connectivity index (χ0v) is 8.97. The Hall–Kier alpha value is -0.220. The van der Waals surface area contributed by atoms with Gasteiger partial charge in [-0.25, -0.2) is 8.78 Å². The Morgan fingerprint density at radius 3 is 2.43 bits per heavy atom. The van der Waals surface area contributed by atoms with Crippen molar-refractivity contribution in [2.45, 2.75) is 26.2 Å². The summed E-state index contributed by atoms with van der Waals surface area (Å²) >= 11 is 0. The molecule has 1 saturated heterocycles. The highest BCUT2D eigenvalue weighted by Gasteiger charge is 2.38. The van der Waals surface area contributed by atoms with Gasteiger partial charge in [0.25, 0.3) is 5.92 Å². The van der Waals surface area contributed by atoms with Gasteiger partial charge < -0.3 is 5.73 Å². The van der Waals surface area contributed by atoms with Gasteiger partial charge in [-0.3, -0.25) is 4.90 Å². The van der Waals surface area contributed by atoms with E-state index < -0.39 is 5.92 Å². The van der Waals surface area contributed by atoms with Crippen LogP contribution in [0.5, 0.6) is 0 Å². The minimum Gasteiger partial charge on any atom is -0.330 e. The third-order valence-corrected chi connectivity index (χ3v) is 2.99. The zero-order valence-electron chi connectivity index (χ0n) is 8.97. The maximum Gasteiger partial charge on any atom is 0.261 e. The molecular weight excluding hydrogens is 186 g/mol. The molecule has 1 atom stereocenters. The van der Waals surface area contributed by atoms with Crippen LogP contribution in [0.1, 0.15) is 20.3 Å². The van der Waals surface area contributed by atoms with Crippen LogP contribution in [0.4, 0.5) is 8.78 Å². The van der Waals surface area contributed by atoms with Crippen molar-refractivity contribution < 1.29 is 8.78 Å². The molecule has 1 rings (SSSR count). The van der Waals surface area contributed by atoms with Crippen molar-refractivity contribution in [3.8, 4) is 0 Å². The summed E-state index contributed by atoms with van der Waals surface area (Å²) in [5, 5.41) is 0. The molecule has 14 heavy (non-hydrogen) atoms. The number of likely N-dealkylation sites (tertiary alicyclic amines) is 1. The van der Waals surface area contributed by atoms with Gasteiger partial charge in [0.05, 0.1) is 6.54 Å². The van der Waals surface area contributed by atoms with E-state index in [2.05, 4.69) is 13.8 Å². The summed E-state index contributed by atoms with van der Waals surface area (Å²) in [7, 11) is 0. The van der Waals surface area contributed by atoms with Crippen molar-refractivity contribution in [3.63, 3.8) is 0 Å². The van der Waals surface area contributed by atoms with Crippen LogP contribution in [0.3, 0.4) is 0 Å². The quantitative estimate of drug-likeness (QED) is 0.756. The van der Waals surface area contributed by atoms with Crippen LogP contribution in [0, 0.1) is 11.8 Å². The number of halogens is 2. The highest BCUT2D eigenvalue weighted by atomic mass is 19.3. The number of rotatable bonds is 4. The molecule has 0 aromatic carbocycles. The van der Waals surface area contributed by atoms with Crippen molar-refractivity contribution in [3.05, 3.63) is 0 Å². The number of hydrogen-bond donors (Lipinski definition) is 1. The SMILES string of the molecule is CC(C)C(CN)CN1CCC(F)(F)C1. The summed E-state index contributed by atoms with van der Waals surface area (Å²) < 4.78 is 25.8. The molecule has 1 aliphatic rings. The summed E-state index contributed by atoms with van der Waals surface area (Å²) in [5.41, 5.74) is 5.61. The molecule has 2 nitrogen and oxygen atoms in total. The molecule has 4 heteroatoms. The molecule has 0 aromatic heterocycles. The third-order valence-electron chi connectivity index (χ3n) is 2.99. The van der Waals surface area contributed by atoms with Gasteiger partial charge in [-0.15, -0.1) is 0 Å². The monoisotopic (exact) mass is 206 g/mol. The molecule has 0 amide bonds. The van der Waals surface area contributed by atoms with Crippen LogP contribution >= 0.6 is 0 Å². The largest absolute Gasteiger partial charge is 0.330 e. The van der Waals surface area contributed by atoms with Gasteiger partial charge in [0.1, 0.15) is 0 Å². The average Bonchev–Trinajstić information content (AvgIpc) is 2.41. The zero-order chi connectivity index (χ0) is 10.8. The molecule has 0 spiro atoms. The van der Waals surface area contributed by atoms with Crippen LogP contribution < -0.4 is 5.73 Å². The molecule has 0 aromatic rings. The summed E-state index contributed by atoms with van der Waals surface area (Å²) in [6.45, 7) is 5.90. The van der Waals surface area contributed by atoms with E-state index in [0.29, 0.717) is 31.5 Å². The van der Waals surface area contributed by atoms with Crippen molar-refractivity contribution in [1.29, 1.82) is 0 Å². The summed E-state index contributed by atoms with van der Waals surface area (Å²) in [4.78, 5) is 1.83. The van der Waals surface area contributed by atoms with Gasteiger partial charge in [-0.1, -0.05) is 13.8 Å². The van der Waals surface area contributed by atoms with E-state index in [0.717, 1.165) is 0 Å². The van der Waals surface area contributed by atoms with Crippen LogP contribution in [-0.2, 0) is 0 Å². The first-order valence-electron chi connectivity index (χ1n) is 5.25. The minimum absolute atomic E-state index is 0.00237. The number of nitrogens with two attached hydrogens (primary N) is 1. The second-order valence-electron chi connectivity index (χ2n) is 4.58. The Balaban J connectivity index is 2.38. The van der Waals surface area contributed by atoms with Gasteiger partial charge in [0, 0.05) is 19.5 Å². The van der Waals surface area contributed by atoms with Crippen LogP contribution in [0.25, 0.3) is 0 Å². The summed E-state index contributed by atoms with van der Waals surface area (Å²) in [6, 6.07) is 0. The van der Waals surface area contributed by atoms with E-state index in [1.165, 1.54) is 0 Å². The van der Waals surface area contributed by atoms with Crippen LogP contribution in [-0.4, -0.2) is 37.0 Å². The van der Waals surface area contributed by atoms with E-state index in [-0.39, 0.29) is 13.0 Å². The lowest BCUT2D eigenvalue weighted by molar-refractivity contribution is 0.0103. The third kappa shape index (κ3) is 3.17. The molecule has 2 N–H and O–H groups in total. The van der Waals surface area contributed by atoms with Crippen molar-refractivity contribution >= 4 is 0 Å². The minimum atomic E-state index is -2.48. The number of hydrogen-bond acceptors (Lipinski definition) is 2. The molecule has 1 fully saturated rings. The Bertz CT molecular complexity index is 183. The molecule has 1 unspecified atom stereocenters. The second kappa shape index (κ2) is 4.53. The van der Waals surface area contributed by atoms with Gasteiger partial charge in [0.2, 0.25) is 0 Å². The highest BCUT2D eigenvalue weighted by Crippen LogP contribution is 2.27. The van der Waals surface area contributed by atoms with E-state index in [4.69, 9.17) is 5.73 Å². The van der Waals surface area contributed by atoms with Gasteiger partial charge in [-0.05, 0) is 18.4 Å². The lowest BCUT2D eigenvalue weighted by Crippen LogP contribution is -2.35. The molecular formula is C10H20F2N2. The number of nitrogens with zero attached hydrogens (tertiary/aromatic N) is 1. The fourth-order valence-electron chi connectivity index (χ4n) is 1.85. The van der Waals surface area contributed by atoms with Crippen LogP contribution in [0.15, 0.2) is 0 Å². The molecule has 0 bridgehead atoms. The summed E-state index contributed by atoms with van der Waals surface area (Å²) in [6.07, 6.45) is 0.00237. The first-order chi connectivity index (χ1) is 6.44. The first-order valence-corrected chi connectivity index (χ1v) is 5.25. The predicted octanol–water partition coefficient (Wildman–Crippen LogP) is 1.56. The Kier molecular flexibility index (Phi) is 3.84. The molecule has 1 heterocycles. The lowest BCUT2D eigenvalue weighted by Gasteiger charge is -2.25. The van der Waals surface area contributed by atoms with Gasteiger partial charge in [-0.2, -0.15) is 0 Å². The smallest absolute Gasteiger partial charge is 0.261 e. The van der Waals surface area contributed by atoms with E-state index in [9.17, 15) is 8.78 Å². The molecule has 0 radical (unpaired) electrons. The fraction of sp³-hybridized carbons (Fsp3) is 1.00. The predicted molar refractivity (Wildman–Crippen MR) is 53.4 cm³/mol. The average molecular weight is 206 g/mol. The normalized spacial score (nSPS) is 24.4. The van der Waals surface area contributed by atoms with E-state index in [1.807, 2.05) is 4.90 Å². The van der Waals surface area contributed by atoms with Gasteiger partial charge >= 0.3 is 0 Å². The standard InChI is InChI=1S/C10H20F2N2/c1-8(2)9(5-13)6-14-4-3-10(11,12)7-14/h8-9H,3-7,13H2,1-2H3. The highest BCUT2D eigenvalue weighted by molar-refractivity contribution is 4.83. The van der Waals surface area contributed by atoms with Crippen LogP contribution in [0.2, 0.25) is 0 Å². The van der Waals surface area contributed by atoms with Gasteiger partial charge in [0.15, 0.2) is 0 Å². The van der Waals surface area contributed by atoms with E-state index in [1.54, 1.807) is 0 Å². The maximum atomic E-state index is 12.9. The van der Waals surface area contributed by atoms with Crippen molar-refractivity contribution in [1.82, 2.24) is 4.90 Å². The Labute approximate surface area is 84.4 Å². The van der Waals surface area contributed by atoms with Crippen molar-refractivity contribution in [2.75, 3.05) is 26.2 Å². The molecule has 1 aliphatic heterocycles. The van der Waals surface area contributed by atoms with E-state index >= 15 is 0 Å². The first kappa shape index (κ1) is 11.9. The second-order valence-corrected chi connectivity index (χ2v) is 4.58. The number of alkyl halides is 2. The Morgan fingerprint density at radius 1 is 1.43 bits per heavy atom. The topological polar surface area (TPSA) is 29.3 Å². The lowest BCUT2D eigenvalue weighted by atomic mass is 9.95. The molecule has 0 saturated carbocycles. The summed E-state index contributed by atoms with van der Waals surface area (Å²) in [5.74, 6) is -1.67. The maximum absolute atomic E-state index is 12.9. The van der Waals surface area contributed by atoms with Crippen molar-refractivity contribution in [2.24, 2.45) is 17.6 Å².